The molecule has 0 aromatic heterocycles. The van der Waals surface area contributed by atoms with Gasteiger partial charge >= 0.3 is 0 Å². The maximum Gasteiger partial charge on any atom is 0.0642 e. The molecule has 0 spiro atoms. The average molecular weight is 294 g/mol. The van der Waals surface area contributed by atoms with Gasteiger partial charge in [0.1, 0.15) is 0 Å². The Hall–Kier alpha value is -0.770. The van der Waals surface area contributed by atoms with Crippen LogP contribution in [-0.2, 0) is 6.54 Å². The summed E-state index contributed by atoms with van der Waals surface area (Å²) in [5.74, 6) is 0. The second-order valence-corrected chi connectivity index (χ2v) is 6.36. The van der Waals surface area contributed by atoms with E-state index in [2.05, 4.69) is 21.9 Å². The van der Waals surface area contributed by atoms with E-state index in [1.54, 1.807) is 0 Å². The highest BCUT2D eigenvalue weighted by Crippen LogP contribution is 2.29. The van der Waals surface area contributed by atoms with E-state index in [1.165, 1.54) is 38.8 Å². The highest BCUT2D eigenvalue weighted by atomic mass is 35.5. The summed E-state index contributed by atoms with van der Waals surface area (Å²) in [6, 6.07) is 7.05. The largest absolute Gasteiger partial charge is 0.368 e. The van der Waals surface area contributed by atoms with Crippen molar-refractivity contribution < 1.29 is 0 Å². The van der Waals surface area contributed by atoms with Crippen LogP contribution in [0.1, 0.15) is 31.2 Å². The van der Waals surface area contributed by atoms with Gasteiger partial charge in [0, 0.05) is 38.8 Å². The maximum atomic E-state index is 6.39. The molecule has 2 N–H and O–H groups in total. The summed E-state index contributed by atoms with van der Waals surface area (Å²) < 4.78 is 0. The van der Waals surface area contributed by atoms with E-state index in [0.717, 1.165) is 35.4 Å². The van der Waals surface area contributed by atoms with Gasteiger partial charge in [-0.25, -0.2) is 0 Å². The number of nitrogens with two attached hydrogens (primary N) is 1. The highest BCUT2D eigenvalue weighted by Gasteiger charge is 2.26. The van der Waals surface area contributed by atoms with E-state index in [0.29, 0.717) is 6.54 Å². The van der Waals surface area contributed by atoms with Crippen molar-refractivity contribution in [2.75, 3.05) is 31.1 Å². The quantitative estimate of drug-likeness (QED) is 0.930. The van der Waals surface area contributed by atoms with Crippen LogP contribution in [0.4, 0.5) is 5.69 Å². The molecule has 1 heterocycles. The van der Waals surface area contributed by atoms with Crippen molar-refractivity contribution in [2.45, 2.75) is 38.3 Å². The summed E-state index contributed by atoms with van der Waals surface area (Å²) >= 11 is 6.39. The molecule has 1 aliphatic heterocycles. The maximum absolute atomic E-state index is 6.39. The lowest BCUT2D eigenvalue weighted by molar-refractivity contribution is 0.187. The standard InChI is InChI=1S/C16H24ClN3/c17-15-11-13(12-18)5-6-16(15)20-9-7-19(8-10-20)14-3-1-2-4-14/h5-6,11,14H,1-4,7-10,12,18H2. The predicted octanol–water partition coefficient (Wildman–Crippen LogP) is 2.86. The van der Waals surface area contributed by atoms with E-state index in [4.69, 9.17) is 17.3 Å². The number of anilines is 1. The molecule has 1 aromatic carbocycles. The molecule has 0 radical (unpaired) electrons. The summed E-state index contributed by atoms with van der Waals surface area (Å²) in [4.78, 5) is 5.08. The van der Waals surface area contributed by atoms with E-state index >= 15 is 0 Å². The van der Waals surface area contributed by atoms with Gasteiger partial charge in [0.2, 0.25) is 0 Å². The van der Waals surface area contributed by atoms with Crippen LogP contribution in [-0.4, -0.2) is 37.1 Å². The predicted molar refractivity (Wildman–Crippen MR) is 85.4 cm³/mol. The Balaban J connectivity index is 1.62. The second-order valence-electron chi connectivity index (χ2n) is 5.95. The van der Waals surface area contributed by atoms with Crippen molar-refractivity contribution in [3.05, 3.63) is 28.8 Å². The first kappa shape index (κ1) is 14.2. The van der Waals surface area contributed by atoms with Crippen molar-refractivity contribution in [1.82, 2.24) is 4.90 Å². The Morgan fingerprint density at radius 1 is 1.10 bits per heavy atom. The highest BCUT2D eigenvalue weighted by molar-refractivity contribution is 6.33. The summed E-state index contributed by atoms with van der Waals surface area (Å²) in [7, 11) is 0. The number of halogens is 1. The van der Waals surface area contributed by atoms with Crippen LogP contribution in [0.25, 0.3) is 0 Å². The summed E-state index contributed by atoms with van der Waals surface area (Å²) in [5.41, 5.74) is 7.92. The monoisotopic (exact) mass is 293 g/mol. The Bertz CT molecular complexity index is 449. The van der Waals surface area contributed by atoms with Gasteiger partial charge in [-0.1, -0.05) is 30.5 Å². The van der Waals surface area contributed by atoms with Crippen LogP contribution in [0.3, 0.4) is 0 Å². The van der Waals surface area contributed by atoms with Crippen LogP contribution in [0.5, 0.6) is 0 Å². The minimum Gasteiger partial charge on any atom is -0.368 e. The number of hydrogen-bond donors (Lipinski definition) is 1. The molecule has 2 fully saturated rings. The van der Waals surface area contributed by atoms with Gasteiger partial charge in [-0.15, -0.1) is 0 Å². The SMILES string of the molecule is NCc1ccc(N2CCN(C3CCCC3)CC2)c(Cl)c1. The van der Waals surface area contributed by atoms with Crippen LogP contribution >= 0.6 is 11.6 Å². The third kappa shape index (κ3) is 2.95. The second kappa shape index (κ2) is 6.33. The lowest BCUT2D eigenvalue weighted by Crippen LogP contribution is -2.49. The Labute approximate surface area is 126 Å². The Morgan fingerprint density at radius 3 is 2.40 bits per heavy atom. The van der Waals surface area contributed by atoms with Crippen LogP contribution in [0, 0.1) is 0 Å². The zero-order valence-electron chi connectivity index (χ0n) is 12.0. The molecule has 1 aliphatic carbocycles. The minimum atomic E-state index is 0.551. The zero-order chi connectivity index (χ0) is 13.9. The van der Waals surface area contributed by atoms with Crippen LogP contribution in [0.2, 0.25) is 5.02 Å². The molecular formula is C16H24ClN3. The molecule has 0 amide bonds. The third-order valence-electron chi connectivity index (χ3n) is 4.74. The van der Waals surface area contributed by atoms with Crippen molar-refractivity contribution in [2.24, 2.45) is 5.73 Å². The van der Waals surface area contributed by atoms with Crippen molar-refractivity contribution in [3.63, 3.8) is 0 Å². The molecule has 3 nitrogen and oxygen atoms in total. The van der Waals surface area contributed by atoms with Gasteiger partial charge in [0.25, 0.3) is 0 Å². The molecule has 1 saturated carbocycles. The van der Waals surface area contributed by atoms with Gasteiger partial charge in [-0.2, -0.15) is 0 Å². The fourth-order valence-corrected chi connectivity index (χ4v) is 3.85. The number of piperazine rings is 1. The molecule has 3 rings (SSSR count). The van der Waals surface area contributed by atoms with Crippen molar-refractivity contribution >= 4 is 17.3 Å². The summed E-state index contributed by atoms with van der Waals surface area (Å²) in [5, 5.41) is 0.835. The molecule has 0 atom stereocenters. The zero-order valence-corrected chi connectivity index (χ0v) is 12.8. The summed E-state index contributed by atoms with van der Waals surface area (Å²) in [6.07, 6.45) is 5.62. The first-order valence-electron chi connectivity index (χ1n) is 7.75. The smallest absolute Gasteiger partial charge is 0.0642 e. The van der Waals surface area contributed by atoms with Gasteiger partial charge in [0.05, 0.1) is 10.7 Å². The normalized spacial score (nSPS) is 21.6. The fraction of sp³-hybridized carbons (Fsp3) is 0.625. The third-order valence-corrected chi connectivity index (χ3v) is 5.05. The van der Waals surface area contributed by atoms with Gasteiger partial charge in [0.15, 0.2) is 0 Å². The van der Waals surface area contributed by atoms with Crippen LogP contribution < -0.4 is 10.6 Å². The van der Waals surface area contributed by atoms with Gasteiger partial charge < -0.3 is 10.6 Å². The average Bonchev–Trinajstić information content (AvgIpc) is 3.01. The molecule has 1 saturated heterocycles. The molecule has 110 valence electrons. The van der Waals surface area contributed by atoms with Gasteiger partial charge in [-0.05, 0) is 30.5 Å². The Morgan fingerprint density at radius 2 is 1.80 bits per heavy atom. The van der Waals surface area contributed by atoms with E-state index in [9.17, 15) is 0 Å². The number of benzene rings is 1. The topological polar surface area (TPSA) is 32.5 Å². The van der Waals surface area contributed by atoms with Crippen LogP contribution in [0.15, 0.2) is 18.2 Å². The van der Waals surface area contributed by atoms with E-state index in [-0.39, 0.29) is 0 Å². The molecule has 1 aromatic rings. The first-order chi connectivity index (χ1) is 9.78. The molecule has 2 aliphatic rings. The molecule has 4 heteroatoms. The molecule has 20 heavy (non-hydrogen) atoms. The lowest BCUT2D eigenvalue weighted by atomic mass is 10.1. The molecule has 0 bridgehead atoms. The fourth-order valence-electron chi connectivity index (χ4n) is 3.53. The molecular weight excluding hydrogens is 270 g/mol. The van der Waals surface area contributed by atoms with Crippen molar-refractivity contribution in [1.29, 1.82) is 0 Å². The molecule has 0 unspecified atom stereocenters. The number of rotatable bonds is 3. The van der Waals surface area contributed by atoms with E-state index < -0.39 is 0 Å². The number of nitrogens with zero attached hydrogens (tertiary/aromatic N) is 2. The number of hydrogen-bond acceptors (Lipinski definition) is 3. The lowest BCUT2D eigenvalue weighted by Gasteiger charge is -2.39. The summed E-state index contributed by atoms with van der Waals surface area (Å²) in [6.45, 7) is 5.05. The van der Waals surface area contributed by atoms with Crippen molar-refractivity contribution in [3.8, 4) is 0 Å². The minimum absolute atomic E-state index is 0.551. The Kier molecular flexibility index (Phi) is 4.49. The van der Waals surface area contributed by atoms with Gasteiger partial charge in [-0.3, -0.25) is 4.90 Å². The first-order valence-corrected chi connectivity index (χ1v) is 8.13. The van der Waals surface area contributed by atoms with E-state index in [1.807, 2.05) is 6.07 Å².